The van der Waals surface area contributed by atoms with Crippen molar-refractivity contribution in [2.24, 2.45) is 11.3 Å². The lowest BCUT2D eigenvalue weighted by Gasteiger charge is -2.62. The second-order valence-corrected chi connectivity index (χ2v) is 8.89. The zero-order chi connectivity index (χ0) is 19.1. The van der Waals surface area contributed by atoms with Gasteiger partial charge in [-0.2, -0.15) is 0 Å². The minimum absolute atomic E-state index is 0.216. The summed E-state index contributed by atoms with van der Waals surface area (Å²) < 4.78 is 17.4. The second-order valence-electron chi connectivity index (χ2n) is 8.89. The third-order valence-electron chi connectivity index (χ3n) is 7.99. The summed E-state index contributed by atoms with van der Waals surface area (Å²) in [5.74, 6) is -0.271. The number of hydrogen-bond donors (Lipinski definition) is 3. The van der Waals surface area contributed by atoms with Gasteiger partial charge >= 0.3 is 0 Å². The van der Waals surface area contributed by atoms with Gasteiger partial charge in [-0.3, -0.25) is 0 Å². The first-order chi connectivity index (χ1) is 12.8. The van der Waals surface area contributed by atoms with Crippen LogP contribution in [0.5, 0.6) is 5.75 Å². The van der Waals surface area contributed by atoms with Gasteiger partial charge in [0.15, 0.2) is 5.79 Å². The molecule has 0 bridgehead atoms. The van der Waals surface area contributed by atoms with Gasteiger partial charge in [-0.25, -0.2) is 0 Å². The number of ether oxygens (including phenoxy) is 3. The molecule has 3 aliphatic carbocycles. The first-order valence-electron chi connectivity index (χ1n) is 9.89. The van der Waals surface area contributed by atoms with Crippen LogP contribution in [0.4, 0.5) is 0 Å². The van der Waals surface area contributed by atoms with Crippen LogP contribution < -0.4 is 4.74 Å². The van der Waals surface area contributed by atoms with Crippen LogP contribution in [0.15, 0.2) is 18.2 Å². The monoisotopic (exact) mass is 376 g/mol. The van der Waals surface area contributed by atoms with Gasteiger partial charge < -0.3 is 29.5 Å². The van der Waals surface area contributed by atoms with Gasteiger partial charge in [0, 0.05) is 17.8 Å². The van der Waals surface area contributed by atoms with Crippen LogP contribution in [0.2, 0.25) is 0 Å². The molecule has 0 radical (unpaired) electrons. The molecule has 1 saturated heterocycles. The van der Waals surface area contributed by atoms with E-state index in [9.17, 15) is 15.3 Å². The van der Waals surface area contributed by atoms with Crippen molar-refractivity contribution in [3.63, 3.8) is 0 Å². The number of aryl methyl sites for hydroxylation is 1. The first kappa shape index (κ1) is 17.9. The Labute approximate surface area is 159 Å². The molecule has 6 nitrogen and oxygen atoms in total. The molecule has 1 aromatic rings. The van der Waals surface area contributed by atoms with Crippen LogP contribution in [0, 0.1) is 11.3 Å². The summed E-state index contributed by atoms with van der Waals surface area (Å²) in [4.78, 5) is 0. The Bertz CT molecular complexity index is 774. The topological polar surface area (TPSA) is 88.4 Å². The zero-order valence-electron chi connectivity index (χ0n) is 15.9. The molecule has 3 fully saturated rings. The number of aliphatic hydroxyl groups excluding tert-OH is 1. The van der Waals surface area contributed by atoms with Crippen LogP contribution in [0.3, 0.4) is 0 Å². The maximum absolute atomic E-state index is 11.9. The highest BCUT2D eigenvalue weighted by Crippen LogP contribution is 2.68. The van der Waals surface area contributed by atoms with Crippen molar-refractivity contribution in [1.82, 2.24) is 0 Å². The van der Waals surface area contributed by atoms with Crippen molar-refractivity contribution < 1.29 is 29.5 Å². The molecule has 1 aromatic carbocycles. The van der Waals surface area contributed by atoms with Gasteiger partial charge in [0.25, 0.3) is 0 Å². The molecule has 6 heteroatoms. The van der Waals surface area contributed by atoms with E-state index in [2.05, 4.69) is 0 Å². The molecule has 4 aliphatic rings. The van der Waals surface area contributed by atoms with Gasteiger partial charge in [0.05, 0.1) is 26.4 Å². The normalized spacial score (nSPS) is 44.6. The van der Waals surface area contributed by atoms with E-state index >= 15 is 0 Å². The molecule has 27 heavy (non-hydrogen) atoms. The van der Waals surface area contributed by atoms with Gasteiger partial charge in [-0.1, -0.05) is 13.0 Å². The molecule has 2 saturated carbocycles. The lowest BCUT2D eigenvalue weighted by Crippen LogP contribution is -2.72. The van der Waals surface area contributed by atoms with E-state index in [1.165, 1.54) is 0 Å². The zero-order valence-corrected chi connectivity index (χ0v) is 15.9. The number of benzene rings is 1. The van der Waals surface area contributed by atoms with E-state index in [4.69, 9.17) is 14.2 Å². The molecule has 5 unspecified atom stereocenters. The van der Waals surface area contributed by atoms with Crippen molar-refractivity contribution in [3.05, 3.63) is 29.3 Å². The highest BCUT2D eigenvalue weighted by Gasteiger charge is 2.75. The van der Waals surface area contributed by atoms with E-state index in [1.807, 2.05) is 13.0 Å². The smallest absolute Gasteiger partial charge is 0.174 e. The fraction of sp³-hybridized carbons (Fsp3) is 0.714. The van der Waals surface area contributed by atoms with E-state index < -0.39 is 28.5 Å². The van der Waals surface area contributed by atoms with Gasteiger partial charge in [0.1, 0.15) is 17.0 Å². The number of aliphatic hydroxyl groups is 3. The lowest BCUT2D eigenvalue weighted by molar-refractivity contribution is -0.323. The van der Waals surface area contributed by atoms with Crippen molar-refractivity contribution in [2.45, 2.75) is 62.1 Å². The Kier molecular flexibility index (Phi) is 3.61. The Morgan fingerprint density at radius 3 is 2.59 bits per heavy atom. The highest BCUT2D eigenvalue weighted by molar-refractivity contribution is 5.46. The van der Waals surface area contributed by atoms with Crippen LogP contribution in [-0.4, -0.2) is 53.1 Å². The molecule has 5 atom stereocenters. The van der Waals surface area contributed by atoms with E-state index in [-0.39, 0.29) is 5.92 Å². The molecular formula is C21H28O6. The Morgan fingerprint density at radius 1 is 1.15 bits per heavy atom. The summed E-state index contributed by atoms with van der Waals surface area (Å²) >= 11 is 0. The minimum atomic E-state index is -1.71. The summed E-state index contributed by atoms with van der Waals surface area (Å²) in [6.45, 7) is 3.10. The molecule has 148 valence electrons. The standard InChI is InChI=1S/C21H28O6/c1-18-12-17(22)21(24)15-4-3-14(25-2)11-13(15)5-7-19(21,23)16(18)6-8-20(18)26-9-10-27-20/h3-4,11,16-17,22-24H,5-10,12H2,1-2H3. The molecule has 1 spiro atoms. The fourth-order valence-electron chi connectivity index (χ4n) is 6.68. The predicted octanol–water partition coefficient (Wildman–Crippen LogP) is 1.48. The Balaban J connectivity index is 1.64. The number of methoxy groups -OCH3 is 1. The molecular weight excluding hydrogens is 348 g/mol. The van der Waals surface area contributed by atoms with E-state index in [0.29, 0.717) is 56.6 Å². The summed E-state index contributed by atoms with van der Waals surface area (Å²) in [5, 5.41) is 34.9. The van der Waals surface area contributed by atoms with Crippen molar-refractivity contribution >= 4 is 0 Å². The summed E-state index contributed by atoms with van der Waals surface area (Å²) in [5.41, 5.74) is -2.15. The largest absolute Gasteiger partial charge is 0.497 e. The third kappa shape index (κ3) is 1.93. The molecule has 1 heterocycles. The molecule has 1 aliphatic heterocycles. The molecule has 0 aromatic heterocycles. The van der Waals surface area contributed by atoms with Crippen LogP contribution in [0.1, 0.15) is 43.7 Å². The average Bonchev–Trinajstić information content (AvgIpc) is 3.24. The fourth-order valence-corrected chi connectivity index (χ4v) is 6.68. The quantitative estimate of drug-likeness (QED) is 0.688. The summed E-state index contributed by atoms with van der Waals surface area (Å²) in [6.07, 6.45) is 1.60. The lowest BCUT2D eigenvalue weighted by atomic mass is 9.49. The van der Waals surface area contributed by atoms with Gasteiger partial charge in [0.2, 0.25) is 0 Å². The van der Waals surface area contributed by atoms with Gasteiger partial charge in [-0.05, 0) is 48.9 Å². The van der Waals surface area contributed by atoms with Crippen LogP contribution in [0.25, 0.3) is 0 Å². The van der Waals surface area contributed by atoms with E-state index in [1.54, 1.807) is 19.2 Å². The highest BCUT2D eigenvalue weighted by atomic mass is 16.7. The Morgan fingerprint density at radius 2 is 1.89 bits per heavy atom. The predicted molar refractivity (Wildman–Crippen MR) is 96.3 cm³/mol. The van der Waals surface area contributed by atoms with Crippen molar-refractivity contribution in [1.29, 1.82) is 0 Å². The maximum Gasteiger partial charge on any atom is 0.174 e. The SMILES string of the molecule is COc1ccc2c(c1)CCC1(O)C3CCC4(OCCO4)C3(C)CC(O)C21O. The summed E-state index contributed by atoms with van der Waals surface area (Å²) in [6, 6.07) is 5.46. The summed E-state index contributed by atoms with van der Waals surface area (Å²) in [7, 11) is 1.61. The van der Waals surface area contributed by atoms with E-state index in [0.717, 1.165) is 5.56 Å². The van der Waals surface area contributed by atoms with Crippen molar-refractivity contribution in [2.75, 3.05) is 20.3 Å². The molecule has 0 amide bonds. The number of rotatable bonds is 1. The third-order valence-corrected chi connectivity index (χ3v) is 7.99. The first-order valence-corrected chi connectivity index (χ1v) is 9.89. The average molecular weight is 376 g/mol. The Hall–Kier alpha value is -1.18. The second kappa shape index (κ2) is 5.45. The number of hydrogen-bond acceptors (Lipinski definition) is 6. The van der Waals surface area contributed by atoms with Crippen LogP contribution in [-0.2, 0) is 21.5 Å². The molecule has 3 N–H and O–H groups in total. The van der Waals surface area contributed by atoms with Crippen molar-refractivity contribution in [3.8, 4) is 5.75 Å². The van der Waals surface area contributed by atoms with Gasteiger partial charge in [-0.15, -0.1) is 0 Å². The number of fused-ring (bicyclic) bond motifs is 6. The van der Waals surface area contributed by atoms with Crippen LogP contribution >= 0.6 is 0 Å². The minimum Gasteiger partial charge on any atom is -0.497 e. The maximum atomic E-state index is 11.9. The molecule has 5 rings (SSSR count).